The number of amides is 2. The lowest BCUT2D eigenvalue weighted by atomic mass is 9.93. The lowest BCUT2D eigenvalue weighted by Crippen LogP contribution is -2.59. The molecular formula is C21H31N5O3. The molecule has 8 nitrogen and oxygen atoms in total. The lowest BCUT2D eigenvalue weighted by molar-refractivity contribution is -0.149. The van der Waals surface area contributed by atoms with E-state index in [4.69, 9.17) is 11.1 Å². The Hall–Kier alpha value is -2.61. The van der Waals surface area contributed by atoms with Crippen molar-refractivity contribution < 1.29 is 14.7 Å². The second-order valence-electron chi connectivity index (χ2n) is 7.90. The molecule has 0 radical (unpaired) electrons. The predicted octanol–water partition coefficient (Wildman–Crippen LogP) is 0.475. The van der Waals surface area contributed by atoms with Crippen molar-refractivity contribution in [1.29, 1.82) is 5.41 Å². The van der Waals surface area contributed by atoms with Crippen LogP contribution in [-0.4, -0.2) is 71.5 Å². The first kappa shape index (κ1) is 21.1. The summed E-state index contributed by atoms with van der Waals surface area (Å²) in [5.41, 5.74) is 6.34. The molecule has 3 atom stereocenters. The maximum absolute atomic E-state index is 12.8. The Balaban J connectivity index is 1.47. The summed E-state index contributed by atoms with van der Waals surface area (Å²) >= 11 is 0. The Bertz CT molecular complexity index is 726. The molecule has 1 aromatic rings. The predicted molar refractivity (Wildman–Crippen MR) is 110 cm³/mol. The van der Waals surface area contributed by atoms with Gasteiger partial charge in [-0.1, -0.05) is 30.3 Å². The number of hydrogen-bond donors (Lipinski definition) is 4. The molecule has 2 unspecified atom stereocenters. The van der Waals surface area contributed by atoms with E-state index in [0.29, 0.717) is 25.4 Å². The molecule has 0 saturated carbocycles. The van der Waals surface area contributed by atoms with E-state index in [0.717, 1.165) is 37.9 Å². The van der Waals surface area contributed by atoms with Gasteiger partial charge in [0.15, 0.2) is 5.96 Å². The van der Waals surface area contributed by atoms with Crippen LogP contribution in [0, 0.1) is 11.3 Å². The molecule has 0 aromatic heterocycles. The Morgan fingerprint density at radius 3 is 2.62 bits per heavy atom. The number of aliphatic hydroxyl groups excluding tert-OH is 1. The van der Waals surface area contributed by atoms with Gasteiger partial charge in [0.2, 0.25) is 11.8 Å². The van der Waals surface area contributed by atoms with Crippen LogP contribution in [0.4, 0.5) is 0 Å². The van der Waals surface area contributed by atoms with Crippen LogP contribution in [0.25, 0.3) is 0 Å². The summed E-state index contributed by atoms with van der Waals surface area (Å²) < 4.78 is 0. The van der Waals surface area contributed by atoms with Gasteiger partial charge in [0.1, 0.15) is 6.04 Å². The van der Waals surface area contributed by atoms with Crippen LogP contribution in [0.15, 0.2) is 30.3 Å². The zero-order valence-electron chi connectivity index (χ0n) is 16.7. The van der Waals surface area contributed by atoms with Gasteiger partial charge in [-0.05, 0) is 37.2 Å². The number of nitrogens with two attached hydrogens (primary N) is 1. The van der Waals surface area contributed by atoms with Crippen LogP contribution in [0.3, 0.4) is 0 Å². The normalized spacial score (nSPS) is 22.5. The molecule has 0 bridgehead atoms. The first-order chi connectivity index (χ1) is 14.0. The van der Waals surface area contributed by atoms with Gasteiger partial charge in [0.05, 0.1) is 12.5 Å². The minimum absolute atomic E-state index is 0.110. The molecule has 2 saturated heterocycles. The first-order valence-electron chi connectivity index (χ1n) is 10.3. The Kier molecular flexibility index (Phi) is 7.09. The average Bonchev–Trinajstić information content (AvgIpc) is 2.69. The van der Waals surface area contributed by atoms with Crippen molar-refractivity contribution in [3.8, 4) is 0 Å². The van der Waals surface area contributed by atoms with Crippen LogP contribution < -0.4 is 11.1 Å². The number of piperidine rings is 1. The molecule has 2 heterocycles. The zero-order valence-corrected chi connectivity index (χ0v) is 16.7. The molecule has 29 heavy (non-hydrogen) atoms. The summed E-state index contributed by atoms with van der Waals surface area (Å²) in [6.07, 6.45) is 3.56. The van der Waals surface area contributed by atoms with Crippen LogP contribution in [0.5, 0.6) is 0 Å². The van der Waals surface area contributed by atoms with E-state index in [1.54, 1.807) is 4.90 Å². The van der Waals surface area contributed by atoms with Gasteiger partial charge in [0, 0.05) is 26.2 Å². The number of likely N-dealkylation sites (tertiary alicyclic amines) is 2. The molecule has 2 aliphatic heterocycles. The fourth-order valence-electron chi connectivity index (χ4n) is 4.17. The van der Waals surface area contributed by atoms with Crippen molar-refractivity contribution in [3.05, 3.63) is 35.9 Å². The Morgan fingerprint density at radius 2 is 2.00 bits per heavy atom. The molecule has 158 valence electrons. The highest BCUT2D eigenvalue weighted by Crippen LogP contribution is 2.26. The zero-order chi connectivity index (χ0) is 20.8. The number of nitrogens with zero attached hydrogens (tertiary/aromatic N) is 2. The van der Waals surface area contributed by atoms with Crippen molar-refractivity contribution in [3.63, 3.8) is 0 Å². The van der Waals surface area contributed by atoms with E-state index < -0.39 is 12.0 Å². The van der Waals surface area contributed by atoms with Crippen LogP contribution in [0.1, 0.15) is 37.2 Å². The molecule has 3 rings (SSSR count). The summed E-state index contributed by atoms with van der Waals surface area (Å²) in [4.78, 5) is 28.9. The first-order valence-corrected chi connectivity index (χ1v) is 10.3. The standard InChI is InChI=1S/C21H31N5O3/c22-21(23)25-11-4-5-15(13-25)8-10-24-19(28)18-9-12-26(18)20(29)17(14-27)16-6-2-1-3-7-16/h1-3,6-7,15,17-18,27H,4-5,8-14H2,(H3,22,23)(H,24,28)/t15?,17-,18?/m0/s1. The highest BCUT2D eigenvalue weighted by atomic mass is 16.3. The number of carbonyl (C=O) groups excluding carboxylic acids is 2. The number of rotatable bonds is 7. The highest BCUT2D eigenvalue weighted by Gasteiger charge is 2.40. The third-order valence-electron chi connectivity index (χ3n) is 6.00. The fourth-order valence-corrected chi connectivity index (χ4v) is 4.17. The largest absolute Gasteiger partial charge is 0.395 e. The van der Waals surface area contributed by atoms with Gasteiger partial charge < -0.3 is 26.0 Å². The van der Waals surface area contributed by atoms with Crippen LogP contribution in [-0.2, 0) is 9.59 Å². The molecule has 5 N–H and O–H groups in total. The summed E-state index contributed by atoms with van der Waals surface area (Å²) in [5.74, 6) is -0.446. The molecule has 8 heteroatoms. The van der Waals surface area contributed by atoms with Crippen molar-refractivity contribution >= 4 is 17.8 Å². The Labute approximate surface area is 171 Å². The van der Waals surface area contributed by atoms with E-state index in [1.807, 2.05) is 35.2 Å². The molecular weight excluding hydrogens is 370 g/mol. The Morgan fingerprint density at radius 1 is 1.24 bits per heavy atom. The summed E-state index contributed by atoms with van der Waals surface area (Å²) in [7, 11) is 0. The average molecular weight is 402 g/mol. The fraction of sp³-hybridized carbons (Fsp3) is 0.571. The highest BCUT2D eigenvalue weighted by molar-refractivity contribution is 5.92. The lowest BCUT2D eigenvalue weighted by Gasteiger charge is -2.41. The molecule has 0 aliphatic carbocycles. The second kappa shape index (κ2) is 9.73. The monoisotopic (exact) mass is 401 g/mol. The van der Waals surface area contributed by atoms with Crippen molar-refractivity contribution in [2.75, 3.05) is 32.8 Å². The van der Waals surface area contributed by atoms with E-state index in [1.165, 1.54) is 0 Å². The molecule has 2 aliphatic rings. The van der Waals surface area contributed by atoms with Crippen molar-refractivity contribution in [2.24, 2.45) is 11.7 Å². The maximum atomic E-state index is 12.8. The minimum Gasteiger partial charge on any atom is -0.395 e. The molecule has 2 fully saturated rings. The number of guanidine groups is 1. The topological polar surface area (TPSA) is 123 Å². The number of carbonyl (C=O) groups is 2. The van der Waals surface area contributed by atoms with Gasteiger partial charge in [0.25, 0.3) is 0 Å². The SMILES string of the molecule is N=C(N)N1CCCC(CCNC(=O)C2CCN2C(=O)[C@@H](CO)c2ccccc2)C1. The third-order valence-corrected chi connectivity index (χ3v) is 6.00. The van der Waals surface area contributed by atoms with Gasteiger partial charge >= 0.3 is 0 Å². The number of benzene rings is 1. The van der Waals surface area contributed by atoms with Crippen LogP contribution >= 0.6 is 0 Å². The van der Waals surface area contributed by atoms with Gasteiger partial charge in [-0.3, -0.25) is 15.0 Å². The number of aliphatic hydroxyl groups is 1. The number of hydrogen-bond acceptors (Lipinski definition) is 4. The van der Waals surface area contributed by atoms with E-state index >= 15 is 0 Å². The summed E-state index contributed by atoms with van der Waals surface area (Å²) in [5, 5.41) is 20.2. The summed E-state index contributed by atoms with van der Waals surface area (Å²) in [6, 6.07) is 8.73. The number of nitrogens with one attached hydrogen (secondary N) is 2. The van der Waals surface area contributed by atoms with Gasteiger partial charge in [-0.15, -0.1) is 0 Å². The molecule has 1 aromatic carbocycles. The van der Waals surface area contributed by atoms with Crippen molar-refractivity contribution in [2.45, 2.75) is 37.6 Å². The van der Waals surface area contributed by atoms with E-state index in [-0.39, 0.29) is 24.4 Å². The van der Waals surface area contributed by atoms with Gasteiger partial charge in [-0.25, -0.2) is 0 Å². The van der Waals surface area contributed by atoms with Crippen LogP contribution in [0.2, 0.25) is 0 Å². The quantitative estimate of drug-likeness (QED) is 0.391. The summed E-state index contributed by atoms with van der Waals surface area (Å²) in [6.45, 7) is 2.40. The smallest absolute Gasteiger partial charge is 0.242 e. The maximum Gasteiger partial charge on any atom is 0.242 e. The molecule has 2 amide bonds. The minimum atomic E-state index is -0.633. The van der Waals surface area contributed by atoms with E-state index in [2.05, 4.69) is 5.32 Å². The van der Waals surface area contributed by atoms with E-state index in [9.17, 15) is 14.7 Å². The second-order valence-corrected chi connectivity index (χ2v) is 7.90. The molecule has 0 spiro atoms. The van der Waals surface area contributed by atoms with Gasteiger partial charge in [-0.2, -0.15) is 0 Å². The van der Waals surface area contributed by atoms with Crippen molar-refractivity contribution in [1.82, 2.24) is 15.1 Å². The third kappa shape index (κ3) is 5.06.